The Morgan fingerprint density at radius 1 is 1.42 bits per heavy atom. The van der Waals surface area contributed by atoms with Gasteiger partial charge in [-0.15, -0.1) is 11.3 Å². The van der Waals surface area contributed by atoms with Crippen LogP contribution in [0.5, 0.6) is 5.75 Å². The van der Waals surface area contributed by atoms with Crippen LogP contribution in [0.25, 0.3) is 0 Å². The van der Waals surface area contributed by atoms with Gasteiger partial charge in [0.05, 0.1) is 11.8 Å². The van der Waals surface area contributed by atoms with Crippen molar-refractivity contribution in [1.82, 2.24) is 9.97 Å². The van der Waals surface area contributed by atoms with Crippen molar-refractivity contribution in [2.45, 2.75) is 38.2 Å². The number of carbonyl (C=O) groups excluding carboxylic acids is 1. The molecule has 0 atom stereocenters. The van der Waals surface area contributed by atoms with Gasteiger partial charge in [0.25, 0.3) is 6.43 Å². The van der Waals surface area contributed by atoms with Crippen LogP contribution >= 0.6 is 11.3 Å². The molecule has 24 heavy (non-hydrogen) atoms. The predicted molar refractivity (Wildman–Crippen MR) is 89.3 cm³/mol. The Balaban J connectivity index is 0.00000208. The van der Waals surface area contributed by atoms with Crippen LogP contribution in [0.15, 0.2) is 23.8 Å². The van der Waals surface area contributed by atoms with E-state index in [2.05, 4.69) is 15.3 Å². The van der Waals surface area contributed by atoms with Crippen molar-refractivity contribution < 1.29 is 18.3 Å². The predicted octanol–water partition coefficient (Wildman–Crippen LogP) is 3.40. The molecule has 0 spiro atoms. The summed E-state index contributed by atoms with van der Waals surface area (Å²) < 4.78 is 31.6. The number of halogens is 2. The van der Waals surface area contributed by atoms with E-state index in [0.717, 1.165) is 36.8 Å². The number of hydrogen-bond donors (Lipinski definition) is 1. The first-order valence-electron chi connectivity index (χ1n) is 7.15. The summed E-state index contributed by atoms with van der Waals surface area (Å²) in [5.74, 6) is -0.656. The van der Waals surface area contributed by atoms with E-state index in [4.69, 9.17) is 4.74 Å². The second kappa shape index (κ2) is 8.28. The Morgan fingerprint density at radius 2 is 2.17 bits per heavy atom. The standard InChI is InChI=1S/C15H15F2N3O2S.K.H/c1-15(3-2-4-15)20-11-7-9(12(16)17)10(8-19-11)22-14(21)13-18-5-6-23-13;;/h5-8,12H,2-4H2,1H3,(H,19,20);;. The molecule has 0 unspecified atom stereocenters. The van der Waals surface area contributed by atoms with Gasteiger partial charge in [-0.2, -0.15) is 0 Å². The SMILES string of the molecule is CC1(Nc2cc(C(F)F)c(OC(=O)c3nccs3)cn2)CCC1.[KH]. The van der Waals surface area contributed by atoms with Gasteiger partial charge < -0.3 is 10.1 Å². The Labute approximate surface area is 184 Å². The van der Waals surface area contributed by atoms with Crippen molar-refractivity contribution in [2.24, 2.45) is 0 Å². The van der Waals surface area contributed by atoms with Crippen LogP contribution < -0.4 is 10.1 Å². The van der Waals surface area contributed by atoms with E-state index in [1.807, 2.05) is 6.92 Å². The number of alkyl halides is 2. The van der Waals surface area contributed by atoms with Crippen molar-refractivity contribution in [1.29, 1.82) is 0 Å². The van der Waals surface area contributed by atoms with Crippen molar-refractivity contribution >= 4 is 74.5 Å². The maximum atomic E-state index is 13.3. The fourth-order valence-corrected chi connectivity index (χ4v) is 2.90. The third-order valence-electron chi connectivity index (χ3n) is 3.83. The van der Waals surface area contributed by atoms with E-state index in [1.54, 1.807) is 5.38 Å². The first-order chi connectivity index (χ1) is 11.0. The average molecular weight is 379 g/mol. The third kappa shape index (κ3) is 4.58. The first kappa shape index (κ1) is 19.9. The van der Waals surface area contributed by atoms with E-state index in [1.165, 1.54) is 12.3 Å². The van der Waals surface area contributed by atoms with Crippen molar-refractivity contribution in [2.75, 3.05) is 5.32 Å². The van der Waals surface area contributed by atoms with Crippen LogP contribution in [-0.2, 0) is 0 Å². The summed E-state index contributed by atoms with van der Waals surface area (Å²) in [6.45, 7) is 2.02. The Kier molecular flexibility index (Phi) is 6.86. The molecule has 124 valence electrons. The van der Waals surface area contributed by atoms with E-state index in [9.17, 15) is 13.6 Å². The molecule has 0 radical (unpaired) electrons. The number of carbonyl (C=O) groups is 1. The van der Waals surface area contributed by atoms with Crippen LogP contribution in [0.3, 0.4) is 0 Å². The van der Waals surface area contributed by atoms with Gasteiger partial charge in [0.15, 0.2) is 5.75 Å². The number of ether oxygens (including phenoxy) is 1. The van der Waals surface area contributed by atoms with Gasteiger partial charge in [0, 0.05) is 17.1 Å². The van der Waals surface area contributed by atoms with E-state index in [-0.39, 0.29) is 73.2 Å². The second-order valence-electron chi connectivity index (χ2n) is 5.67. The number of nitrogens with zero attached hydrogens (tertiary/aromatic N) is 2. The van der Waals surface area contributed by atoms with Crippen LogP contribution in [0.1, 0.15) is 48.0 Å². The molecule has 0 aliphatic heterocycles. The quantitative estimate of drug-likeness (QED) is 0.637. The first-order valence-corrected chi connectivity index (χ1v) is 8.03. The zero-order valence-electron chi connectivity index (χ0n) is 12.4. The molecule has 0 bridgehead atoms. The molecular formula is C15H16F2KN3O2S. The minimum atomic E-state index is -2.77. The number of thiazole rings is 1. The zero-order chi connectivity index (χ0) is 16.4. The minimum absolute atomic E-state index is 0. The summed E-state index contributed by atoms with van der Waals surface area (Å²) in [6.07, 6.45) is 2.87. The van der Waals surface area contributed by atoms with Crippen molar-refractivity contribution in [3.8, 4) is 5.75 Å². The monoisotopic (exact) mass is 379 g/mol. The van der Waals surface area contributed by atoms with Gasteiger partial charge in [-0.05, 0) is 32.3 Å². The zero-order valence-corrected chi connectivity index (χ0v) is 13.2. The number of pyridine rings is 1. The Morgan fingerprint density at radius 3 is 2.71 bits per heavy atom. The molecule has 1 N–H and O–H groups in total. The fourth-order valence-electron chi connectivity index (χ4n) is 2.39. The molecule has 5 nitrogen and oxygen atoms in total. The number of aromatic nitrogens is 2. The molecule has 2 aromatic rings. The summed E-state index contributed by atoms with van der Waals surface area (Å²) in [6, 6.07) is 1.23. The second-order valence-corrected chi connectivity index (χ2v) is 6.57. The van der Waals surface area contributed by atoms with Crippen LogP contribution in [0.4, 0.5) is 14.6 Å². The molecule has 1 aliphatic carbocycles. The molecule has 0 saturated heterocycles. The molecule has 1 saturated carbocycles. The van der Waals surface area contributed by atoms with E-state index < -0.39 is 12.4 Å². The molecular weight excluding hydrogens is 363 g/mol. The van der Waals surface area contributed by atoms with Crippen LogP contribution in [0.2, 0.25) is 0 Å². The number of rotatable bonds is 5. The van der Waals surface area contributed by atoms with E-state index in [0.29, 0.717) is 5.82 Å². The van der Waals surface area contributed by atoms with Crippen LogP contribution in [0, 0.1) is 0 Å². The molecule has 9 heteroatoms. The normalized spacial score (nSPS) is 15.3. The molecule has 1 aliphatic rings. The summed E-state index contributed by atoms with van der Waals surface area (Å²) in [5, 5.41) is 4.88. The summed E-state index contributed by atoms with van der Waals surface area (Å²) in [4.78, 5) is 19.7. The summed E-state index contributed by atoms with van der Waals surface area (Å²) in [7, 11) is 0. The number of anilines is 1. The molecule has 0 aromatic carbocycles. The van der Waals surface area contributed by atoms with Gasteiger partial charge in [0.2, 0.25) is 5.01 Å². The van der Waals surface area contributed by atoms with Crippen molar-refractivity contribution in [3.05, 3.63) is 34.4 Å². The van der Waals surface area contributed by atoms with Gasteiger partial charge >= 0.3 is 57.4 Å². The molecule has 2 heterocycles. The number of esters is 1. The maximum absolute atomic E-state index is 13.3. The van der Waals surface area contributed by atoms with Crippen LogP contribution in [-0.4, -0.2) is 72.9 Å². The van der Waals surface area contributed by atoms with Gasteiger partial charge in [0.1, 0.15) is 5.82 Å². The Bertz CT molecular complexity index is 709. The molecule has 3 rings (SSSR count). The van der Waals surface area contributed by atoms with Gasteiger partial charge in [-0.25, -0.2) is 23.5 Å². The Hall–Kier alpha value is -0.454. The average Bonchev–Trinajstić information content (AvgIpc) is 3.01. The topological polar surface area (TPSA) is 64.1 Å². The van der Waals surface area contributed by atoms with Gasteiger partial charge in [-0.1, -0.05) is 0 Å². The number of hydrogen-bond acceptors (Lipinski definition) is 6. The fraction of sp³-hybridized carbons (Fsp3) is 0.400. The molecule has 2 aromatic heterocycles. The third-order valence-corrected chi connectivity index (χ3v) is 4.58. The molecule has 1 fully saturated rings. The number of nitrogens with one attached hydrogen (secondary N) is 1. The van der Waals surface area contributed by atoms with Crippen molar-refractivity contribution in [3.63, 3.8) is 0 Å². The molecule has 0 amide bonds. The van der Waals surface area contributed by atoms with Gasteiger partial charge in [-0.3, -0.25) is 0 Å². The van der Waals surface area contributed by atoms with E-state index >= 15 is 0 Å². The summed E-state index contributed by atoms with van der Waals surface area (Å²) >= 11 is 1.08. The summed E-state index contributed by atoms with van der Waals surface area (Å²) in [5.41, 5.74) is -0.471.